The Kier molecular flexibility index (Phi) is 12.0. The van der Waals surface area contributed by atoms with Gasteiger partial charge in [-0.1, -0.05) is 108 Å². The first-order valence-corrected chi connectivity index (χ1v) is 17.3. The number of hydrogen-bond acceptors (Lipinski definition) is 4. The van der Waals surface area contributed by atoms with Gasteiger partial charge in [0.25, 0.3) is 10.0 Å². The molecule has 0 heterocycles. The van der Waals surface area contributed by atoms with E-state index in [1.807, 2.05) is 87.5 Å². The van der Waals surface area contributed by atoms with Crippen LogP contribution in [-0.2, 0) is 32.6 Å². The van der Waals surface area contributed by atoms with E-state index in [2.05, 4.69) is 21.2 Å². The molecular formula is C36H40BrN3O4S. The molecule has 236 valence electrons. The van der Waals surface area contributed by atoms with Gasteiger partial charge in [0.2, 0.25) is 11.8 Å². The fourth-order valence-electron chi connectivity index (χ4n) is 5.09. The number of nitrogens with one attached hydrogen (secondary N) is 1. The number of unbranched alkanes of at least 4 members (excludes halogenated alkanes) is 1. The van der Waals surface area contributed by atoms with E-state index in [-0.39, 0.29) is 23.8 Å². The second-order valence-corrected chi connectivity index (χ2v) is 13.9. The number of rotatable bonds is 14. The summed E-state index contributed by atoms with van der Waals surface area (Å²) in [4.78, 5) is 30.0. The minimum absolute atomic E-state index is 0.0841. The fraction of sp³-hybridized carbons (Fsp3) is 0.278. The summed E-state index contributed by atoms with van der Waals surface area (Å²) in [5, 5.41) is 3.02. The molecule has 0 unspecified atom stereocenters. The molecule has 4 aromatic carbocycles. The van der Waals surface area contributed by atoms with Crippen LogP contribution in [0.25, 0.3) is 0 Å². The zero-order valence-corrected chi connectivity index (χ0v) is 28.4. The molecule has 0 saturated heterocycles. The number of sulfonamides is 1. The Hall–Kier alpha value is -3.95. The van der Waals surface area contributed by atoms with Gasteiger partial charge in [0.1, 0.15) is 12.6 Å². The highest BCUT2D eigenvalue weighted by molar-refractivity contribution is 9.10. The van der Waals surface area contributed by atoms with Gasteiger partial charge in [0.15, 0.2) is 0 Å². The van der Waals surface area contributed by atoms with Crippen LogP contribution < -0.4 is 9.62 Å². The molecule has 0 radical (unpaired) electrons. The number of nitrogens with zero attached hydrogens (tertiary/aromatic N) is 2. The van der Waals surface area contributed by atoms with Crippen LogP contribution in [0.5, 0.6) is 0 Å². The molecule has 9 heteroatoms. The van der Waals surface area contributed by atoms with E-state index in [1.165, 1.54) is 4.90 Å². The zero-order chi connectivity index (χ0) is 32.4. The molecule has 0 saturated carbocycles. The smallest absolute Gasteiger partial charge is 0.264 e. The van der Waals surface area contributed by atoms with Crippen LogP contribution in [0.4, 0.5) is 5.69 Å². The van der Waals surface area contributed by atoms with Gasteiger partial charge in [0.05, 0.1) is 10.6 Å². The summed E-state index contributed by atoms with van der Waals surface area (Å²) in [5.41, 5.74) is 3.73. The second kappa shape index (κ2) is 15.9. The van der Waals surface area contributed by atoms with E-state index in [0.29, 0.717) is 17.8 Å². The Morgan fingerprint density at radius 3 is 2.18 bits per heavy atom. The number of carbonyl (C=O) groups is 2. The summed E-state index contributed by atoms with van der Waals surface area (Å²) in [6, 6.07) is 29.9. The second-order valence-electron chi connectivity index (χ2n) is 11.1. The van der Waals surface area contributed by atoms with E-state index in [1.54, 1.807) is 36.4 Å². The molecule has 0 aromatic heterocycles. The maximum atomic E-state index is 14.6. The molecule has 7 nitrogen and oxygen atoms in total. The SMILES string of the molecule is CCCCNC(=O)[C@@H](Cc1ccccc1)N(Cc1cccc(Br)c1)C(=O)CN(c1ccccc1C)S(=O)(=O)c1ccc(C)cc1. The molecular weight excluding hydrogens is 650 g/mol. The third-order valence-corrected chi connectivity index (χ3v) is 9.88. The zero-order valence-electron chi connectivity index (χ0n) is 25.9. The number of amides is 2. The topological polar surface area (TPSA) is 86.8 Å². The first-order valence-electron chi connectivity index (χ1n) is 15.1. The van der Waals surface area contributed by atoms with Crippen molar-refractivity contribution in [1.82, 2.24) is 10.2 Å². The van der Waals surface area contributed by atoms with Crippen molar-refractivity contribution in [1.29, 1.82) is 0 Å². The van der Waals surface area contributed by atoms with Crippen LogP contribution in [0, 0.1) is 13.8 Å². The number of para-hydroxylation sites is 1. The van der Waals surface area contributed by atoms with Crippen molar-refractivity contribution in [2.45, 2.75) is 57.5 Å². The lowest BCUT2D eigenvalue weighted by molar-refractivity contribution is -0.140. The highest BCUT2D eigenvalue weighted by atomic mass is 79.9. The summed E-state index contributed by atoms with van der Waals surface area (Å²) in [6.07, 6.45) is 1.99. The number of anilines is 1. The largest absolute Gasteiger partial charge is 0.354 e. The molecule has 45 heavy (non-hydrogen) atoms. The highest BCUT2D eigenvalue weighted by Crippen LogP contribution is 2.28. The van der Waals surface area contributed by atoms with E-state index in [0.717, 1.165) is 38.3 Å². The van der Waals surface area contributed by atoms with Crippen molar-refractivity contribution >= 4 is 43.5 Å². The van der Waals surface area contributed by atoms with Gasteiger partial charge in [-0.2, -0.15) is 0 Å². The Bertz CT molecular complexity index is 1700. The normalized spacial score (nSPS) is 11.9. The Morgan fingerprint density at radius 1 is 0.844 bits per heavy atom. The lowest BCUT2D eigenvalue weighted by Crippen LogP contribution is -2.53. The minimum Gasteiger partial charge on any atom is -0.354 e. The number of benzene rings is 4. The molecule has 1 N–H and O–H groups in total. The maximum Gasteiger partial charge on any atom is 0.264 e. The molecule has 0 bridgehead atoms. The molecule has 0 spiro atoms. The van der Waals surface area contributed by atoms with Crippen LogP contribution in [0.3, 0.4) is 0 Å². The molecule has 0 aliphatic heterocycles. The van der Waals surface area contributed by atoms with Gasteiger partial charge in [-0.05, 0) is 67.3 Å². The first kappa shape index (κ1) is 33.9. The average Bonchev–Trinajstić information content (AvgIpc) is 3.02. The first-order chi connectivity index (χ1) is 21.6. The monoisotopic (exact) mass is 689 g/mol. The van der Waals surface area contributed by atoms with Crippen LogP contribution in [0.1, 0.15) is 42.0 Å². The van der Waals surface area contributed by atoms with Gasteiger partial charge in [-0.25, -0.2) is 8.42 Å². The van der Waals surface area contributed by atoms with E-state index in [4.69, 9.17) is 0 Å². The summed E-state index contributed by atoms with van der Waals surface area (Å²) in [6.45, 7) is 5.86. The predicted molar refractivity (Wildman–Crippen MR) is 183 cm³/mol. The number of aryl methyl sites for hydroxylation is 2. The molecule has 2 amide bonds. The fourth-order valence-corrected chi connectivity index (χ4v) is 7.01. The Balaban J connectivity index is 1.80. The maximum absolute atomic E-state index is 14.6. The van der Waals surface area contributed by atoms with Crippen molar-refractivity contribution in [3.05, 3.63) is 130 Å². The summed E-state index contributed by atoms with van der Waals surface area (Å²) < 4.78 is 30.4. The molecule has 0 fully saturated rings. The lowest BCUT2D eigenvalue weighted by atomic mass is 10.0. The average molecular weight is 691 g/mol. The van der Waals surface area contributed by atoms with Gasteiger partial charge < -0.3 is 10.2 Å². The van der Waals surface area contributed by atoms with E-state index < -0.39 is 28.5 Å². The quantitative estimate of drug-likeness (QED) is 0.147. The number of halogens is 1. The summed E-state index contributed by atoms with van der Waals surface area (Å²) in [7, 11) is -4.15. The third-order valence-electron chi connectivity index (χ3n) is 7.61. The molecule has 4 aromatic rings. The van der Waals surface area contributed by atoms with Gasteiger partial charge in [0, 0.05) is 24.0 Å². The summed E-state index contributed by atoms with van der Waals surface area (Å²) >= 11 is 3.52. The van der Waals surface area contributed by atoms with Gasteiger partial charge >= 0.3 is 0 Å². The van der Waals surface area contributed by atoms with Crippen molar-refractivity contribution in [3.8, 4) is 0 Å². The molecule has 0 aliphatic rings. The van der Waals surface area contributed by atoms with Crippen molar-refractivity contribution in [2.75, 3.05) is 17.4 Å². The van der Waals surface area contributed by atoms with Crippen LogP contribution in [0.15, 0.2) is 112 Å². The third kappa shape index (κ3) is 9.05. The Labute approximate surface area is 275 Å². The predicted octanol–water partition coefficient (Wildman–Crippen LogP) is 6.82. The number of hydrogen-bond donors (Lipinski definition) is 1. The van der Waals surface area contributed by atoms with E-state index in [9.17, 15) is 18.0 Å². The standard InChI is InChI=1S/C36H40BrN3O4S/c1-4-5-22-38-36(42)34(24-29-13-7-6-8-14-29)39(25-30-15-11-16-31(37)23-30)35(41)26-40(33-17-10-9-12-28(33)3)45(43,44)32-20-18-27(2)19-21-32/h6-21,23,34H,4-5,22,24-26H2,1-3H3,(H,38,42)/t34-/m1/s1. The van der Waals surface area contributed by atoms with Gasteiger partial charge in [-0.3, -0.25) is 13.9 Å². The number of carbonyl (C=O) groups excluding carboxylic acids is 2. The van der Waals surface area contributed by atoms with Crippen molar-refractivity contribution < 1.29 is 18.0 Å². The Morgan fingerprint density at radius 2 is 1.51 bits per heavy atom. The van der Waals surface area contributed by atoms with Gasteiger partial charge in [-0.15, -0.1) is 0 Å². The van der Waals surface area contributed by atoms with Crippen molar-refractivity contribution in [2.24, 2.45) is 0 Å². The van der Waals surface area contributed by atoms with Crippen molar-refractivity contribution in [3.63, 3.8) is 0 Å². The van der Waals surface area contributed by atoms with Crippen LogP contribution in [0.2, 0.25) is 0 Å². The minimum atomic E-state index is -4.15. The molecule has 4 rings (SSSR count). The van der Waals surface area contributed by atoms with Crippen LogP contribution in [-0.4, -0.2) is 44.3 Å². The molecule has 1 atom stereocenters. The van der Waals surface area contributed by atoms with E-state index >= 15 is 0 Å². The lowest BCUT2D eigenvalue weighted by Gasteiger charge is -2.34. The highest BCUT2D eigenvalue weighted by Gasteiger charge is 2.35. The summed E-state index contributed by atoms with van der Waals surface area (Å²) in [5.74, 6) is -0.764. The van der Waals surface area contributed by atoms with Crippen LogP contribution >= 0.6 is 15.9 Å². The molecule has 0 aliphatic carbocycles.